The average Bonchev–Trinajstić information content (AvgIpc) is 2.65. The lowest BCUT2D eigenvalue weighted by Gasteiger charge is -2.19. The fraction of sp³-hybridized carbons (Fsp3) is 0.538. The minimum atomic E-state index is -0.321. The molecule has 0 amide bonds. The summed E-state index contributed by atoms with van der Waals surface area (Å²) in [5, 5.41) is 0.249. The fourth-order valence-corrected chi connectivity index (χ4v) is 3.69. The molecule has 16 heavy (non-hydrogen) atoms. The van der Waals surface area contributed by atoms with Gasteiger partial charge in [0.15, 0.2) is 0 Å². The van der Waals surface area contributed by atoms with E-state index in [-0.39, 0.29) is 16.3 Å². The maximum absolute atomic E-state index is 13.2. The van der Waals surface area contributed by atoms with Gasteiger partial charge in [-0.15, -0.1) is 0 Å². The summed E-state index contributed by atoms with van der Waals surface area (Å²) in [6, 6.07) is 5.20. The SMILES string of the molecule is C[C@@H]1[C@H]2CN(C)CC12c1ccc(F)c(Cl)c1. The molecule has 1 aromatic carbocycles. The summed E-state index contributed by atoms with van der Waals surface area (Å²) in [6.07, 6.45) is 0. The monoisotopic (exact) mass is 239 g/mol. The molecule has 1 aromatic rings. The van der Waals surface area contributed by atoms with Crippen LogP contribution in [-0.4, -0.2) is 25.0 Å². The van der Waals surface area contributed by atoms with Crippen molar-refractivity contribution >= 4 is 11.6 Å². The predicted molar refractivity (Wildman–Crippen MR) is 63.2 cm³/mol. The number of piperidine rings is 1. The average molecular weight is 240 g/mol. The Morgan fingerprint density at radius 3 is 2.88 bits per heavy atom. The molecular formula is C13H15ClFN. The van der Waals surface area contributed by atoms with Gasteiger partial charge in [-0.25, -0.2) is 4.39 Å². The van der Waals surface area contributed by atoms with Gasteiger partial charge in [0.1, 0.15) is 5.82 Å². The zero-order valence-corrected chi connectivity index (χ0v) is 10.3. The van der Waals surface area contributed by atoms with Gasteiger partial charge in [0.05, 0.1) is 5.02 Å². The van der Waals surface area contributed by atoms with Gasteiger partial charge in [0, 0.05) is 18.5 Å². The Kier molecular flexibility index (Phi) is 2.11. The Hall–Kier alpha value is -0.600. The Labute approximate surface area is 100 Å². The standard InChI is InChI=1S/C13H15ClFN/c1-8-10-6-16(2)7-13(8,10)9-3-4-12(15)11(14)5-9/h3-5,8,10H,6-7H2,1-2H3/t8-,10-,13?/m1/s1. The van der Waals surface area contributed by atoms with Gasteiger partial charge >= 0.3 is 0 Å². The van der Waals surface area contributed by atoms with Crippen LogP contribution in [0.4, 0.5) is 4.39 Å². The Bertz CT molecular complexity index is 448. The molecule has 1 nitrogen and oxygen atoms in total. The van der Waals surface area contributed by atoms with E-state index < -0.39 is 0 Å². The first-order valence-corrected chi connectivity index (χ1v) is 6.07. The highest BCUT2D eigenvalue weighted by Gasteiger charge is 2.66. The fourth-order valence-electron chi connectivity index (χ4n) is 3.51. The van der Waals surface area contributed by atoms with Crippen LogP contribution in [0.25, 0.3) is 0 Å². The second kappa shape index (κ2) is 3.21. The first-order valence-electron chi connectivity index (χ1n) is 5.70. The van der Waals surface area contributed by atoms with Crippen molar-refractivity contribution in [2.75, 3.05) is 20.1 Å². The van der Waals surface area contributed by atoms with Crippen molar-refractivity contribution in [1.29, 1.82) is 0 Å². The van der Waals surface area contributed by atoms with E-state index in [1.165, 1.54) is 11.6 Å². The van der Waals surface area contributed by atoms with Crippen molar-refractivity contribution in [3.63, 3.8) is 0 Å². The van der Waals surface area contributed by atoms with Crippen LogP contribution in [0.2, 0.25) is 5.02 Å². The van der Waals surface area contributed by atoms with Crippen LogP contribution in [0.1, 0.15) is 12.5 Å². The van der Waals surface area contributed by atoms with Crippen LogP contribution in [0.5, 0.6) is 0 Å². The van der Waals surface area contributed by atoms with Gasteiger partial charge in [-0.3, -0.25) is 0 Å². The molecule has 3 heteroatoms. The number of rotatable bonds is 1. The Morgan fingerprint density at radius 2 is 2.25 bits per heavy atom. The highest BCUT2D eigenvalue weighted by Crippen LogP contribution is 2.63. The van der Waals surface area contributed by atoms with Crippen molar-refractivity contribution in [3.8, 4) is 0 Å². The topological polar surface area (TPSA) is 3.24 Å². The number of likely N-dealkylation sites (N-methyl/N-ethyl adjacent to an activating group) is 1. The predicted octanol–water partition coefficient (Wildman–Crippen LogP) is 2.93. The zero-order chi connectivity index (χ0) is 11.5. The van der Waals surface area contributed by atoms with Crippen molar-refractivity contribution in [2.24, 2.45) is 11.8 Å². The smallest absolute Gasteiger partial charge is 0.141 e. The molecule has 2 aliphatic rings. The summed E-state index contributed by atoms with van der Waals surface area (Å²) in [5.41, 5.74) is 1.45. The summed E-state index contributed by atoms with van der Waals surface area (Å²) >= 11 is 5.87. The van der Waals surface area contributed by atoms with Crippen LogP contribution >= 0.6 is 11.6 Å². The minimum absolute atomic E-state index is 0.242. The molecule has 86 valence electrons. The van der Waals surface area contributed by atoms with E-state index in [1.54, 1.807) is 0 Å². The summed E-state index contributed by atoms with van der Waals surface area (Å²) in [5.74, 6) is 1.10. The van der Waals surface area contributed by atoms with Crippen LogP contribution < -0.4 is 0 Å². The molecule has 0 spiro atoms. The third-order valence-electron chi connectivity index (χ3n) is 4.47. The van der Waals surface area contributed by atoms with Gasteiger partial charge in [0.2, 0.25) is 0 Å². The molecule has 2 fully saturated rings. The van der Waals surface area contributed by atoms with Gasteiger partial charge in [-0.2, -0.15) is 0 Å². The minimum Gasteiger partial charge on any atom is -0.305 e. The van der Waals surface area contributed by atoms with E-state index in [0.29, 0.717) is 5.92 Å². The largest absolute Gasteiger partial charge is 0.305 e. The van der Waals surface area contributed by atoms with Crippen LogP contribution in [-0.2, 0) is 5.41 Å². The van der Waals surface area contributed by atoms with E-state index in [2.05, 4.69) is 18.9 Å². The highest BCUT2D eigenvalue weighted by atomic mass is 35.5. The molecule has 0 N–H and O–H groups in total. The van der Waals surface area contributed by atoms with E-state index in [1.807, 2.05) is 12.1 Å². The molecule has 1 saturated carbocycles. The molecule has 1 heterocycles. The normalized spacial score (nSPS) is 37.5. The summed E-state index contributed by atoms with van der Waals surface area (Å²) in [6.45, 7) is 4.51. The second-order valence-corrected chi connectivity index (χ2v) is 5.67. The van der Waals surface area contributed by atoms with E-state index in [0.717, 1.165) is 19.0 Å². The molecule has 0 aromatic heterocycles. The maximum atomic E-state index is 13.2. The van der Waals surface area contributed by atoms with Crippen molar-refractivity contribution < 1.29 is 4.39 Å². The number of likely N-dealkylation sites (tertiary alicyclic amines) is 1. The number of hydrogen-bond donors (Lipinski definition) is 0. The second-order valence-electron chi connectivity index (χ2n) is 5.26. The van der Waals surface area contributed by atoms with Crippen LogP contribution in [0.15, 0.2) is 18.2 Å². The zero-order valence-electron chi connectivity index (χ0n) is 9.50. The van der Waals surface area contributed by atoms with E-state index >= 15 is 0 Å². The first-order chi connectivity index (χ1) is 7.55. The third-order valence-corrected chi connectivity index (χ3v) is 4.76. The lowest BCUT2D eigenvalue weighted by atomic mass is 9.93. The summed E-state index contributed by atoms with van der Waals surface area (Å²) in [7, 11) is 2.14. The Balaban J connectivity index is 2.01. The molecule has 1 aliphatic heterocycles. The third kappa shape index (κ3) is 1.20. The van der Waals surface area contributed by atoms with Crippen LogP contribution in [0.3, 0.4) is 0 Å². The summed E-state index contributed by atoms with van der Waals surface area (Å²) < 4.78 is 13.2. The van der Waals surface area contributed by atoms with Crippen molar-refractivity contribution in [1.82, 2.24) is 4.90 Å². The molecule has 0 radical (unpaired) electrons. The lowest BCUT2D eigenvalue weighted by molar-refractivity contribution is 0.338. The molecular weight excluding hydrogens is 225 g/mol. The van der Waals surface area contributed by atoms with Crippen molar-refractivity contribution in [2.45, 2.75) is 12.3 Å². The Morgan fingerprint density at radius 1 is 1.50 bits per heavy atom. The highest BCUT2D eigenvalue weighted by molar-refractivity contribution is 6.30. The van der Waals surface area contributed by atoms with E-state index in [4.69, 9.17) is 11.6 Å². The number of hydrogen-bond acceptors (Lipinski definition) is 1. The number of benzene rings is 1. The van der Waals surface area contributed by atoms with Gasteiger partial charge in [-0.05, 0) is 36.6 Å². The molecule has 1 aliphatic carbocycles. The van der Waals surface area contributed by atoms with Crippen LogP contribution in [0, 0.1) is 17.7 Å². The van der Waals surface area contributed by atoms with Gasteiger partial charge in [-0.1, -0.05) is 24.6 Å². The summed E-state index contributed by atoms with van der Waals surface area (Å²) in [4.78, 5) is 2.35. The van der Waals surface area contributed by atoms with Gasteiger partial charge < -0.3 is 4.90 Å². The maximum Gasteiger partial charge on any atom is 0.141 e. The molecule has 1 saturated heterocycles. The number of fused-ring (bicyclic) bond motifs is 1. The number of nitrogens with zero attached hydrogens (tertiary/aromatic N) is 1. The van der Waals surface area contributed by atoms with E-state index in [9.17, 15) is 4.39 Å². The van der Waals surface area contributed by atoms with Gasteiger partial charge in [0.25, 0.3) is 0 Å². The molecule has 3 rings (SSSR count). The van der Waals surface area contributed by atoms with Crippen molar-refractivity contribution in [3.05, 3.63) is 34.6 Å². The molecule has 0 bridgehead atoms. The molecule has 3 atom stereocenters. The quantitative estimate of drug-likeness (QED) is 0.729. The lowest BCUT2D eigenvalue weighted by Crippen LogP contribution is -2.25. The number of halogens is 2. The first kappa shape index (κ1) is 10.5. The molecule has 1 unspecified atom stereocenters.